The van der Waals surface area contributed by atoms with E-state index in [4.69, 9.17) is 9.84 Å². The molecule has 6 heteroatoms. The van der Waals surface area contributed by atoms with Gasteiger partial charge in [0, 0.05) is 30.9 Å². The van der Waals surface area contributed by atoms with E-state index in [9.17, 15) is 14.9 Å². The van der Waals surface area contributed by atoms with Crippen molar-refractivity contribution in [1.29, 1.82) is 0 Å². The third kappa shape index (κ3) is 4.35. The zero-order valence-electron chi connectivity index (χ0n) is 18.4. The van der Waals surface area contributed by atoms with Crippen molar-refractivity contribution >= 4 is 22.4 Å². The van der Waals surface area contributed by atoms with Gasteiger partial charge in [-0.05, 0) is 51.6 Å². The number of carbonyl (C=O) groups is 1. The van der Waals surface area contributed by atoms with Crippen molar-refractivity contribution < 1.29 is 19.6 Å². The molecule has 170 valence electrons. The van der Waals surface area contributed by atoms with Gasteiger partial charge >= 0.3 is 11.7 Å². The minimum Gasteiger partial charge on any atom is -0.482 e. The van der Waals surface area contributed by atoms with Crippen molar-refractivity contribution in [3.8, 4) is 16.9 Å². The molecule has 0 radical (unpaired) electrons. The lowest BCUT2D eigenvalue weighted by Crippen LogP contribution is -2.18. The number of carboxylic acid groups (broad SMARTS) is 1. The summed E-state index contributed by atoms with van der Waals surface area (Å²) in [5.74, 6) is -0.712. The monoisotopic (exact) mass is 453 g/mol. The zero-order valence-corrected chi connectivity index (χ0v) is 18.4. The molecule has 0 heterocycles. The van der Waals surface area contributed by atoms with Crippen molar-refractivity contribution in [3.05, 3.63) is 106 Å². The molecule has 4 aromatic rings. The molecule has 0 fully saturated rings. The summed E-state index contributed by atoms with van der Waals surface area (Å²) in [6.45, 7) is 0. The third-order valence-electron chi connectivity index (χ3n) is 6.31. The molecule has 6 nitrogen and oxygen atoms in total. The van der Waals surface area contributed by atoms with Crippen LogP contribution < -0.4 is 4.74 Å². The van der Waals surface area contributed by atoms with Crippen LogP contribution in [-0.2, 0) is 24.1 Å². The molecule has 1 aliphatic carbocycles. The maximum Gasteiger partial charge on any atom is 0.311 e. The van der Waals surface area contributed by atoms with E-state index < -0.39 is 10.9 Å². The predicted molar refractivity (Wildman–Crippen MR) is 130 cm³/mol. The Labute approximate surface area is 196 Å². The molecule has 1 N–H and O–H groups in total. The SMILES string of the molecule is O=C(O)CCc1cc(-c2ccc3ccccc3c2)c(OC2Cc3ccccc3C2)c([N+](=O)[O-])c1. The third-order valence-corrected chi connectivity index (χ3v) is 6.31. The van der Waals surface area contributed by atoms with E-state index in [2.05, 4.69) is 12.1 Å². The molecule has 0 aromatic heterocycles. The van der Waals surface area contributed by atoms with Gasteiger partial charge in [-0.3, -0.25) is 14.9 Å². The summed E-state index contributed by atoms with van der Waals surface area (Å²) < 4.78 is 6.37. The van der Waals surface area contributed by atoms with E-state index in [1.807, 2.05) is 60.7 Å². The first-order valence-electron chi connectivity index (χ1n) is 11.2. The molecule has 1 aliphatic rings. The lowest BCUT2D eigenvalue weighted by molar-refractivity contribution is -0.386. The van der Waals surface area contributed by atoms with E-state index in [-0.39, 0.29) is 30.4 Å². The number of hydrogen-bond donors (Lipinski definition) is 1. The minimum atomic E-state index is -0.945. The number of hydrogen-bond acceptors (Lipinski definition) is 4. The Balaban J connectivity index is 1.61. The average Bonchev–Trinajstić information content (AvgIpc) is 3.25. The Kier molecular flexibility index (Phi) is 5.72. The fourth-order valence-electron chi connectivity index (χ4n) is 4.67. The van der Waals surface area contributed by atoms with Crippen molar-refractivity contribution in [1.82, 2.24) is 0 Å². The van der Waals surface area contributed by atoms with E-state index in [0.717, 1.165) is 16.3 Å². The minimum absolute atomic E-state index is 0.105. The molecule has 0 spiro atoms. The number of nitrogens with zero attached hydrogens (tertiary/aromatic N) is 1. The topological polar surface area (TPSA) is 89.7 Å². The largest absolute Gasteiger partial charge is 0.482 e. The predicted octanol–water partition coefficient (Wildman–Crippen LogP) is 5.98. The van der Waals surface area contributed by atoms with Gasteiger partial charge in [-0.2, -0.15) is 0 Å². The van der Waals surface area contributed by atoms with E-state index in [1.54, 1.807) is 0 Å². The second kappa shape index (κ2) is 8.98. The molecule has 0 atom stereocenters. The summed E-state index contributed by atoms with van der Waals surface area (Å²) in [4.78, 5) is 22.8. The van der Waals surface area contributed by atoms with Crippen LogP contribution >= 0.6 is 0 Å². The van der Waals surface area contributed by atoms with Crippen LogP contribution in [0.1, 0.15) is 23.1 Å². The highest BCUT2D eigenvalue weighted by atomic mass is 16.6. The maximum atomic E-state index is 12.1. The number of ether oxygens (including phenoxy) is 1. The molecule has 0 unspecified atom stereocenters. The molecule has 0 saturated heterocycles. The van der Waals surface area contributed by atoms with Gasteiger partial charge in [0.15, 0.2) is 0 Å². The first-order valence-corrected chi connectivity index (χ1v) is 11.2. The van der Waals surface area contributed by atoms with E-state index in [1.165, 1.54) is 17.2 Å². The second-order valence-corrected chi connectivity index (χ2v) is 8.62. The summed E-state index contributed by atoms with van der Waals surface area (Å²) in [7, 11) is 0. The lowest BCUT2D eigenvalue weighted by atomic mass is 9.96. The summed E-state index contributed by atoms with van der Waals surface area (Å²) in [5.41, 5.74) is 4.25. The maximum absolute atomic E-state index is 12.1. The quantitative estimate of drug-likeness (QED) is 0.275. The van der Waals surface area contributed by atoms with Gasteiger partial charge in [0.2, 0.25) is 5.75 Å². The Hall–Kier alpha value is -4.19. The first-order chi connectivity index (χ1) is 16.5. The number of benzene rings is 4. The van der Waals surface area contributed by atoms with Gasteiger partial charge in [-0.15, -0.1) is 0 Å². The second-order valence-electron chi connectivity index (χ2n) is 8.62. The molecule has 4 aromatic carbocycles. The van der Waals surface area contributed by atoms with Gasteiger partial charge in [-0.25, -0.2) is 0 Å². The Morgan fingerprint density at radius 3 is 2.29 bits per heavy atom. The number of aliphatic carboxylic acids is 1. The highest BCUT2D eigenvalue weighted by molar-refractivity contribution is 5.89. The molecule has 5 rings (SSSR count). The standard InChI is InChI=1S/C28H23NO5/c30-27(31)12-9-18-13-25(23-11-10-19-5-1-2-6-20(19)15-23)28(26(14-18)29(32)33)34-24-16-21-7-3-4-8-22(21)17-24/h1-8,10-11,13-15,24H,9,12,16-17H2,(H,30,31). The van der Waals surface area contributed by atoms with Crippen molar-refractivity contribution in [2.75, 3.05) is 0 Å². The van der Waals surface area contributed by atoms with Crippen LogP contribution in [0.2, 0.25) is 0 Å². The highest BCUT2D eigenvalue weighted by Crippen LogP contribution is 2.42. The van der Waals surface area contributed by atoms with E-state index >= 15 is 0 Å². The number of rotatable bonds is 7. The summed E-state index contributed by atoms with van der Waals surface area (Å²) in [6.07, 6.45) is 1.26. The normalized spacial score (nSPS) is 13.1. The fourth-order valence-corrected chi connectivity index (χ4v) is 4.67. The van der Waals surface area contributed by atoms with Crippen LogP contribution in [0.5, 0.6) is 5.75 Å². The first kappa shape index (κ1) is 21.6. The van der Waals surface area contributed by atoms with Crippen LogP contribution in [0, 0.1) is 10.1 Å². The summed E-state index contributed by atoms with van der Waals surface area (Å²) in [6, 6.07) is 25.2. The lowest BCUT2D eigenvalue weighted by Gasteiger charge is -2.18. The van der Waals surface area contributed by atoms with Crippen LogP contribution in [0.15, 0.2) is 78.9 Å². The van der Waals surface area contributed by atoms with Gasteiger partial charge in [0.1, 0.15) is 6.10 Å². The molecule has 0 bridgehead atoms. The van der Waals surface area contributed by atoms with Gasteiger partial charge in [-0.1, -0.05) is 60.7 Å². The van der Waals surface area contributed by atoms with Crippen LogP contribution in [0.4, 0.5) is 5.69 Å². The van der Waals surface area contributed by atoms with Crippen LogP contribution in [0.3, 0.4) is 0 Å². The molecule has 0 aliphatic heterocycles. The molecule has 0 saturated carbocycles. The van der Waals surface area contributed by atoms with Crippen molar-refractivity contribution in [2.24, 2.45) is 0 Å². The highest BCUT2D eigenvalue weighted by Gasteiger charge is 2.29. The van der Waals surface area contributed by atoms with Crippen molar-refractivity contribution in [3.63, 3.8) is 0 Å². The Morgan fingerprint density at radius 2 is 1.62 bits per heavy atom. The number of fused-ring (bicyclic) bond motifs is 2. The number of carboxylic acids is 1. The Morgan fingerprint density at radius 1 is 0.941 bits per heavy atom. The summed E-state index contributed by atoms with van der Waals surface area (Å²) >= 11 is 0. The number of aryl methyl sites for hydroxylation is 1. The number of nitro groups is 1. The summed E-state index contributed by atoms with van der Waals surface area (Å²) in [5, 5.41) is 23.3. The van der Waals surface area contributed by atoms with Crippen LogP contribution in [0.25, 0.3) is 21.9 Å². The molecule has 0 amide bonds. The average molecular weight is 453 g/mol. The molecule has 34 heavy (non-hydrogen) atoms. The van der Waals surface area contributed by atoms with E-state index in [0.29, 0.717) is 24.0 Å². The van der Waals surface area contributed by atoms with Gasteiger partial charge < -0.3 is 9.84 Å². The van der Waals surface area contributed by atoms with Crippen molar-refractivity contribution in [2.45, 2.75) is 31.8 Å². The molecular formula is C28H23NO5. The molecular weight excluding hydrogens is 430 g/mol. The Bertz CT molecular complexity index is 1390. The fraction of sp³-hybridized carbons (Fsp3) is 0.179. The number of nitro benzene ring substituents is 1. The van der Waals surface area contributed by atoms with Crippen LogP contribution in [-0.4, -0.2) is 22.1 Å². The van der Waals surface area contributed by atoms with Gasteiger partial charge in [0.05, 0.1) is 4.92 Å². The smallest absolute Gasteiger partial charge is 0.311 e. The zero-order chi connectivity index (χ0) is 23.7. The van der Waals surface area contributed by atoms with Gasteiger partial charge in [0.25, 0.3) is 0 Å².